The van der Waals surface area contributed by atoms with Crippen LogP contribution < -0.4 is 5.32 Å². The van der Waals surface area contributed by atoms with Crippen LogP contribution in [0.2, 0.25) is 0 Å². The molecule has 25 heavy (non-hydrogen) atoms. The third kappa shape index (κ3) is 4.01. The summed E-state index contributed by atoms with van der Waals surface area (Å²) in [5, 5.41) is 7.83. The van der Waals surface area contributed by atoms with Crippen molar-refractivity contribution in [2.45, 2.75) is 31.8 Å². The third-order valence-corrected chi connectivity index (χ3v) is 5.17. The number of hydrogen-bond acceptors (Lipinski definition) is 7. The molecule has 0 unspecified atom stereocenters. The van der Waals surface area contributed by atoms with Gasteiger partial charge in [-0.05, 0) is 38.3 Å². The average molecular weight is 350 g/mol. The Bertz CT molecular complexity index is 630. The molecule has 0 saturated carbocycles. The maximum Gasteiger partial charge on any atom is 0.358 e. The van der Waals surface area contributed by atoms with E-state index in [1.807, 2.05) is 0 Å². The van der Waals surface area contributed by atoms with Crippen LogP contribution in [-0.4, -0.2) is 73.1 Å². The first-order valence-corrected chi connectivity index (χ1v) is 8.82. The van der Waals surface area contributed by atoms with Crippen LogP contribution >= 0.6 is 0 Å². The molecule has 1 N–H and O–H groups in total. The molecular formula is C17H26N4O4. The van der Waals surface area contributed by atoms with Crippen molar-refractivity contribution in [1.29, 1.82) is 0 Å². The molecule has 2 aliphatic heterocycles. The summed E-state index contributed by atoms with van der Waals surface area (Å²) in [6.45, 7) is 4.55. The van der Waals surface area contributed by atoms with Gasteiger partial charge in [0.1, 0.15) is 5.69 Å². The molecule has 3 rings (SSSR count). The molecule has 0 aromatic carbocycles. The lowest BCUT2D eigenvalue weighted by molar-refractivity contribution is 0.0577. The number of rotatable bonds is 5. The standard InChI is InChI=1S/C17H26N4O4/c1-24-16(22)14-10-15(17(23)25-2)21(19-14)9-8-20-7-5-13-12(11-20)4-3-6-18-13/h10,12-13,18H,3-9,11H2,1-2H3/t12-,13+/m1/s1. The molecule has 0 spiro atoms. The van der Waals surface area contributed by atoms with Gasteiger partial charge >= 0.3 is 11.9 Å². The number of hydrogen-bond donors (Lipinski definition) is 1. The Morgan fingerprint density at radius 3 is 2.80 bits per heavy atom. The molecule has 3 heterocycles. The molecular weight excluding hydrogens is 324 g/mol. The molecule has 2 aliphatic rings. The number of nitrogens with one attached hydrogen (secondary N) is 1. The fraction of sp³-hybridized carbons (Fsp3) is 0.706. The minimum atomic E-state index is -0.557. The van der Waals surface area contributed by atoms with Crippen molar-refractivity contribution in [2.24, 2.45) is 5.92 Å². The Balaban J connectivity index is 1.64. The Morgan fingerprint density at radius 1 is 1.24 bits per heavy atom. The van der Waals surface area contributed by atoms with Gasteiger partial charge in [0.25, 0.3) is 0 Å². The highest BCUT2D eigenvalue weighted by molar-refractivity contribution is 5.93. The minimum Gasteiger partial charge on any atom is -0.464 e. The van der Waals surface area contributed by atoms with Crippen molar-refractivity contribution < 1.29 is 19.1 Å². The third-order valence-electron chi connectivity index (χ3n) is 5.17. The van der Waals surface area contributed by atoms with Crippen LogP contribution in [0.5, 0.6) is 0 Å². The number of methoxy groups -OCH3 is 2. The van der Waals surface area contributed by atoms with Crippen LogP contribution in [0.4, 0.5) is 0 Å². The van der Waals surface area contributed by atoms with Gasteiger partial charge in [-0.1, -0.05) is 0 Å². The maximum absolute atomic E-state index is 11.9. The average Bonchev–Trinajstić information content (AvgIpc) is 3.09. The van der Waals surface area contributed by atoms with Gasteiger partial charge in [-0.15, -0.1) is 0 Å². The van der Waals surface area contributed by atoms with E-state index in [1.165, 1.54) is 33.1 Å². The molecule has 1 aromatic rings. The first-order valence-electron chi connectivity index (χ1n) is 8.82. The molecule has 8 heteroatoms. The van der Waals surface area contributed by atoms with E-state index in [9.17, 15) is 9.59 Å². The number of nitrogens with zero attached hydrogens (tertiary/aromatic N) is 3. The highest BCUT2D eigenvalue weighted by Crippen LogP contribution is 2.24. The predicted octanol–water partition coefficient (Wildman–Crippen LogP) is 0.530. The van der Waals surface area contributed by atoms with Crippen LogP contribution in [0.3, 0.4) is 0 Å². The molecule has 1 aromatic heterocycles. The van der Waals surface area contributed by atoms with E-state index in [1.54, 1.807) is 4.68 Å². The predicted molar refractivity (Wildman–Crippen MR) is 90.5 cm³/mol. The van der Waals surface area contributed by atoms with E-state index < -0.39 is 11.9 Å². The van der Waals surface area contributed by atoms with Gasteiger partial charge in [0, 0.05) is 25.2 Å². The van der Waals surface area contributed by atoms with E-state index in [-0.39, 0.29) is 11.4 Å². The molecule has 0 aliphatic carbocycles. The highest BCUT2D eigenvalue weighted by Gasteiger charge is 2.31. The zero-order chi connectivity index (χ0) is 17.8. The van der Waals surface area contributed by atoms with Gasteiger partial charge in [0.05, 0.1) is 20.8 Å². The van der Waals surface area contributed by atoms with E-state index in [4.69, 9.17) is 4.74 Å². The summed E-state index contributed by atoms with van der Waals surface area (Å²) in [5.74, 6) is -0.360. The number of ether oxygens (including phenoxy) is 2. The molecule has 2 saturated heterocycles. The van der Waals surface area contributed by atoms with Crippen molar-refractivity contribution in [3.05, 3.63) is 17.5 Å². The van der Waals surface area contributed by atoms with Gasteiger partial charge in [0.15, 0.2) is 5.69 Å². The number of piperidine rings is 2. The molecule has 8 nitrogen and oxygen atoms in total. The van der Waals surface area contributed by atoms with Crippen LogP contribution in [0.25, 0.3) is 0 Å². The number of likely N-dealkylation sites (tertiary alicyclic amines) is 1. The van der Waals surface area contributed by atoms with E-state index in [0.29, 0.717) is 18.5 Å². The zero-order valence-corrected chi connectivity index (χ0v) is 14.9. The Kier molecular flexibility index (Phi) is 5.70. The van der Waals surface area contributed by atoms with E-state index in [0.717, 1.165) is 32.6 Å². The highest BCUT2D eigenvalue weighted by atomic mass is 16.5. The van der Waals surface area contributed by atoms with Crippen molar-refractivity contribution >= 4 is 11.9 Å². The summed E-state index contributed by atoms with van der Waals surface area (Å²) in [7, 11) is 2.61. The summed E-state index contributed by atoms with van der Waals surface area (Å²) in [6, 6.07) is 2.07. The van der Waals surface area contributed by atoms with Crippen LogP contribution in [-0.2, 0) is 16.0 Å². The quantitative estimate of drug-likeness (QED) is 0.775. The van der Waals surface area contributed by atoms with Gasteiger partial charge in [0.2, 0.25) is 0 Å². The summed E-state index contributed by atoms with van der Waals surface area (Å²) in [4.78, 5) is 26.0. The molecule has 2 fully saturated rings. The fourth-order valence-corrected chi connectivity index (χ4v) is 3.82. The van der Waals surface area contributed by atoms with Crippen LogP contribution in [0, 0.1) is 5.92 Å². The van der Waals surface area contributed by atoms with Crippen LogP contribution in [0.1, 0.15) is 40.2 Å². The van der Waals surface area contributed by atoms with Gasteiger partial charge in [-0.25, -0.2) is 9.59 Å². The van der Waals surface area contributed by atoms with E-state index in [2.05, 4.69) is 20.1 Å². The summed E-state index contributed by atoms with van der Waals surface area (Å²) < 4.78 is 11.0. The smallest absolute Gasteiger partial charge is 0.358 e. The van der Waals surface area contributed by atoms with Crippen molar-refractivity contribution in [2.75, 3.05) is 40.4 Å². The Hall–Kier alpha value is -1.93. The van der Waals surface area contributed by atoms with E-state index >= 15 is 0 Å². The molecule has 0 radical (unpaired) electrons. The van der Waals surface area contributed by atoms with Crippen molar-refractivity contribution in [1.82, 2.24) is 20.0 Å². The number of esters is 2. The summed E-state index contributed by atoms with van der Waals surface area (Å²) in [6.07, 6.45) is 3.67. The minimum absolute atomic E-state index is 0.123. The number of carbonyl (C=O) groups is 2. The lowest BCUT2D eigenvalue weighted by Crippen LogP contribution is -2.52. The molecule has 0 amide bonds. The molecule has 0 bridgehead atoms. The topological polar surface area (TPSA) is 85.7 Å². The summed E-state index contributed by atoms with van der Waals surface area (Å²) in [5.41, 5.74) is 0.398. The van der Waals surface area contributed by atoms with Crippen LogP contribution in [0.15, 0.2) is 6.07 Å². The summed E-state index contributed by atoms with van der Waals surface area (Å²) >= 11 is 0. The van der Waals surface area contributed by atoms with Gasteiger partial charge in [-0.3, -0.25) is 4.68 Å². The lowest BCUT2D eigenvalue weighted by atomic mass is 9.85. The first-order chi connectivity index (χ1) is 12.1. The fourth-order valence-electron chi connectivity index (χ4n) is 3.82. The zero-order valence-electron chi connectivity index (χ0n) is 14.9. The number of aromatic nitrogens is 2. The van der Waals surface area contributed by atoms with Crippen molar-refractivity contribution in [3.63, 3.8) is 0 Å². The SMILES string of the molecule is COC(=O)c1cc(C(=O)OC)n(CCN2CC[C@@H]3NCCC[C@@H]3C2)n1. The maximum atomic E-state index is 11.9. The van der Waals surface area contributed by atoms with Crippen molar-refractivity contribution in [3.8, 4) is 0 Å². The normalized spacial score (nSPS) is 23.8. The second kappa shape index (κ2) is 7.97. The number of carbonyl (C=O) groups excluding carboxylic acids is 2. The second-order valence-electron chi connectivity index (χ2n) is 6.67. The molecule has 2 atom stereocenters. The Morgan fingerprint density at radius 2 is 2.04 bits per heavy atom. The second-order valence-corrected chi connectivity index (χ2v) is 6.67. The van der Waals surface area contributed by atoms with Gasteiger partial charge < -0.3 is 19.7 Å². The Labute approximate surface area is 147 Å². The largest absolute Gasteiger partial charge is 0.464 e. The van der Waals surface area contributed by atoms with Gasteiger partial charge in [-0.2, -0.15) is 5.10 Å². The monoisotopic (exact) mass is 350 g/mol. The first kappa shape index (κ1) is 17.9. The molecule has 138 valence electrons. The lowest BCUT2D eigenvalue weighted by Gasteiger charge is -2.41. The number of fused-ring (bicyclic) bond motifs is 1.